The SMILES string of the molecule is C=C/C(=C\c1c(C)ccc(C(C)C)c1N1CCN(C2(C)CC3CC(C)CC(C3)C2)C1)C(C)C. The van der Waals surface area contributed by atoms with Crippen molar-refractivity contribution in [2.24, 2.45) is 23.7 Å². The van der Waals surface area contributed by atoms with E-state index in [4.69, 9.17) is 0 Å². The molecule has 1 aromatic carbocycles. The Balaban J connectivity index is 1.66. The van der Waals surface area contributed by atoms with Crippen molar-refractivity contribution in [2.75, 3.05) is 24.7 Å². The minimum absolute atomic E-state index is 0.366. The third-order valence-corrected chi connectivity index (χ3v) is 8.96. The van der Waals surface area contributed by atoms with Crippen LogP contribution in [-0.4, -0.2) is 30.2 Å². The Morgan fingerprint density at radius 2 is 1.73 bits per heavy atom. The molecule has 1 saturated heterocycles. The van der Waals surface area contributed by atoms with Gasteiger partial charge in [0.1, 0.15) is 0 Å². The molecule has 2 atom stereocenters. The van der Waals surface area contributed by atoms with Gasteiger partial charge >= 0.3 is 0 Å². The van der Waals surface area contributed by atoms with Gasteiger partial charge in [-0.1, -0.05) is 59.4 Å². The second-order valence-corrected chi connectivity index (χ2v) is 12.5. The molecule has 2 unspecified atom stereocenters. The molecule has 0 aromatic heterocycles. The summed E-state index contributed by atoms with van der Waals surface area (Å²) in [5, 5.41) is 0. The topological polar surface area (TPSA) is 6.48 Å². The van der Waals surface area contributed by atoms with E-state index in [0.29, 0.717) is 17.4 Å². The van der Waals surface area contributed by atoms with Crippen molar-refractivity contribution in [3.05, 3.63) is 47.1 Å². The molecule has 1 heterocycles. The van der Waals surface area contributed by atoms with Gasteiger partial charge in [-0.25, -0.2) is 0 Å². The maximum Gasteiger partial charge on any atom is 0.0713 e. The largest absolute Gasteiger partial charge is 0.357 e. The average molecular weight is 449 g/mol. The van der Waals surface area contributed by atoms with Gasteiger partial charge in [0.2, 0.25) is 0 Å². The average Bonchev–Trinajstić information content (AvgIpc) is 3.22. The Bertz CT molecular complexity index is 874. The van der Waals surface area contributed by atoms with Crippen LogP contribution in [0.15, 0.2) is 30.4 Å². The van der Waals surface area contributed by atoms with Crippen molar-refractivity contribution < 1.29 is 0 Å². The van der Waals surface area contributed by atoms with Gasteiger partial charge in [-0.3, -0.25) is 4.90 Å². The monoisotopic (exact) mass is 448 g/mol. The van der Waals surface area contributed by atoms with Crippen LogP contribution in [0.2, 0.25) is 0 Å². The highest BCUT2D eigenvalue weighted by Crippen LogP contribution is 2.49. The predicted octanol–water partition coefficient (Wildman–Crippen LogP) is 8.03. The van der Waals surface area contributed by atoms with Gasteiger partial charge in [0.25, 0.3) is 0 Å². The molecule has 1 aliphatic heterocycles. The Labute approximate surface area is 204 Å². The summed E-state index contributed by atoms with van der Waals surface area (Å²) in [5.74, 6) is 3.81. The van der Waals surface area contributed by atoms with Crippen LogP contribution in [-0.2, 0) is 0 Å². The zero-order valence-electron chi connectivity index (χ0n) is 22.5. The van der Waals surface area contributed by atoms with Crippen molar-refractivity contribution in [3.63, 3.8) is 0 Å². The molecular weight excluding hydrogens is 400 g/mol. The van der Waals surface area contributed by atoms with Crippen LogP contribution in [0.5, 0.6) is 0 Å². The molecule has 33 heavy (non-hydrogen) atoms. The second-order valence-electron chi connectivity index (χ2n) is 12.5. The van der Waals surface area contributed by atoms with Gasteiger partial charge in [-0.2, -0.15) is 0 Å². The molecule has 2 heteroatoms. The first-order valence-corrected chi connectivity index (χ1v) is 13.6. The summed E-state index contributed by atoms with van der Waals surface area (Å²) in [5.41, 5.74) is 7.44. The van der Waals surface area contributed by atoms with Crippen molar-refractivity contribution in [1.29, 1.82) is 0 Å². The number of nitrogens with zero attached hydrogens (tertiary/aromatic N) is 2. The van der Waals surface area contributed by atoms with Gasteiger partial charge in [-0.15, -0.1) is 0 Å². The quantitative estimate of drug-likeness (QED) is 0.406. The Kier molecular flexibility index (Phi) is 7.16. The lowest BCUT2D eigenvalue weighted by atomic mass is 9.62. The molecule has 182 valence electrons. The molecule has 0 N–H and O–H groups in total. The molecular formula is C31H48N2. The molecule has 4 rings (SSSR count). The van der Waals surface area contributed by atoms with Gasteiger partial charge in [0.15, 0.2) is 0 Å². The smallest absolute Gasteiger partial charge is 0.0713 e. The lowest BCUT2D eigenvalue weighted by Gasteiger charge is -2.51. The van der Waals surface area contributed by atoms with E-state index in [2.05, 4.69) is 89.1 Å². The van der Waals surface area contributed by atoms with Gasteiger partial charge in [0, 0.05) is 29.9 Å². The summed E-state index contributed by atoms with van der Waals surface area (Å²) in [4.78, 5) is 5.55. The molecule has 3 fully saturated rings. The fraction of sp³-hybridized carbons (Fsp3) is 0.677. The van der Waals surface area contributed by atoms with Crippen molar-refractivity contribution in [2.45, 2.75) is 92.0 Å². The third-order valence-electron chi connectivity index (χ3n) is 8.96. The number of benzene rings is 1. The lowest BCUT2D eigenvalue weighted by Crippen LogP contribution is -2.52. The van der Waals surface area contributed by atoms with E-state index in [1.54, 1.807) is 0 Å². The number of anilines is 1. The predicted molar refractivity (Wildman–Crippen MR) is 145 cm³/mol. The van der Waals surface area contributed by atoms with Crippen molar-refractivity contribution in [1.82, 2.24) is 4.90 Å². The normalized spacial score (nSPS) is 31.0. The fourth-order valence-electron chi connectivity index (χ4n) is 7.38. The first-order valence-electron chi connectivity index (χ1n) is 13.6. The van der Waals surface area contributed by atoms with Crippen LogP contribution in [0.3, 0.4) is 0 Å². The highest BCUT2D eigenvalue weighted by Gasteiger charge is 2.45. The van der Waals surface area contributed by atoms with E-state index in [9.17, 15) is 0 Å². The Hall–Kier alpha value is -1.54. The maximum atomic E-state index is 4.12. The molecule has 0 radical (unpaired) electrons. The van der Waals surface area contributed by atoms with E-state index >= 15 is 0 Å². The Morgan fingerprint density at radius 3 is 2.30 bits per heavy atom. The zero-order valence-corrected chi connectivity index (χ0v) is 22.5. The van der Waals surface area contributed by atoms with Crippen LogP contribution >= 0.6 is 0 Å². The number of hydrogen-bond acceptors (Lipinski definition) is 2. The van der Waals surface area contributed by atoms with Gasteiger partial charge in [-0.05, 0) is 98.3 Å². The second kappa shape index (κ2) is 9.61. The zero-order chi connectivity index (χ0) is 23.9. The summed E-state index contributed by atoms with van der Waals surface area (Å²) in [6.07, 6.45) is 11.7. The first-order chi connectivity index (χ1) is 15.6. The standard InChI is InChI=1S/C31H48N2/c1-9-27(21(2)3)17-29-24(7)10-11-28(22(4)5)30(29)32-12-13-33(20-32)31(8)18-25-14-23(6)15-26(16-25)19-31/h9-11,17,21-23,25-26H,1,12-16,18-20H2,2-8H3/b27-17+. The molecule has 1 aromatic rings. The number of hydrogen-bond donors (Lipinski definition) is 0. The number of fused-ring (bicyclic) bond motifs is 2. The third kappa shape index (κ3) is 4.97. The Morgan fingerprint density at radius 1 is 1.06 bits per heavy atom. The molecule has 2 nitrogen and oxygen atoms in total. The highest BCUT2D eigenvalue weighted by molar-refractivity contribution is 5.76. The molecule has 3 aliphatic rings. The number of rotatable bonds is 6. The molecule has 2 bridgehead atoms. The summed E-state index contributed by atoms with van der Waals surface area (Å²) in [7, 11) is 0. The fourth-order valence-corrected chi connectivity index (χ4v) is 7.38. The summed E-state index contributed by atoms with van der Waals surface area (Å²) in [6.45, 7) is 24.1. The van der Waals surface area contributed by atoms with Gasteiger partial charge < -0.3 is 4.90 Å². The van der Waals surface area contributed by atoms with E-state index in [0.717, 1.165) is 31.0 Å². The minimum Gasteiger partial charge on any atom is -0.357 e. The van der Waals surface area contributed by atoms with Crippen LogP contribution < -0.4 is 4.90 Å². The molecule has 0 spiro atoms. The van der Waals surface area contributed by atoms with Crippen molar-refractivity contribution >= 4 is 11.8 Å². The van der Waals surface area contributed by atoms with Crippen LogP contribution in [0, 0.1) is 30.6 Å². The van der Waals surface area contributed by atoms with Crippen LogP contribution in [0.25, 0.3) is 6.08 Å². The van der Waals surface area contributed by atoms with E-state index in [-0.39, 0.29) is 0 Å². The highest BCUT2D eigenvalue weighted by atomic mass is 15.4. The van der Waals surface area contributed by atoms with E-state index in [1.807, 2.05) is 0 Å². The summed E-state index contributed by atoms with van der Waals surface area (Å²) in [6, 6.07) is 4.71. The number of aryl methyl sites for hydroxylation is 1. The summed E-state index contributed by atoms with van der Waals surface area (Å²) < 4.78 is 0. The minimum atomic E-state index is 0.366. The molecule has 0 amide bonds. The van der Waals surface area contributed by atoms with Gasteiger partial charge in [0.05, 0.1) is 6.67 Å². The molecule has 2 aliphatic carbocycles. The van der Waals surface area contributed by atoms with Crippen molar-refractivity contribution in [3.8, 4) is 0 Å². The lowest BCUT2D eigenvalue weighted by molar-refractivity contribution is 0.00339. The van der Waals surface area contributed by atoms with E-state index in [1.165, 1.54) is 66.6 Å². The molecule has 2 saturated carbocycles. The number of allylic oxidation sites excluding steroid dienone is 2. The maximum absolute atomic E-state index is 4.12. The van der Waals surface area contributed by atoms with Crippen LogP contribution in [0.4, 0.5) is 5.69 Å². The van der Waals surface area contributed by atoms with Crippen LogP contribution in [0.1, 0.15) is 96.3 Å². The van der Waals surface area contributed by atoms with E-state index < -0.39 is 0 Å². The summed E-state index contributed by atoms with van der Waals surface area (Å²) >= 11 is 0. The first kappa shape index (κ1) is 24.6.